The molecule has 1 aliphatic rings. The zero-order chi connectivity index (χ0) is 21.0. The number of hydrogen-bond donors (Lipinski definition) is 1. The number of benzene rings is 2. The second kappa shape index (κ2) is 8.99. The van der Waals surface area contributed by atoms with Crippen molar-refractivity contribution in [1.82, 2.24) is 0 Å². The van der Waals surface area contributed by atoms with Crippen LogP contribution in [0, 0.1) is 12.8 Å². The van der Waals surface area contributed by atoms with E-state index in [0.29, 0.717) is 12.3 Å². The van der Waals surface area contributed by atoms with Crippen LogP contribution < -0.4 is 19.9 Å². The fraction of sp³-hybridized carbons (Fsp3) is 0.391. The Morgan fingerprint density at radius 1 is 1.17 bits per heavy atom. The first-order chi connectivity index (χ1) is 14.0. The topological polar surface area (TPSA) is 61.9 Å². The second-order valence-corrected chi connectivity index (χ2v) is 7.29. The van der Waals surface area contributed by atoms with E-state index in [-0.39, 0.29) is 18.2 Å². The molecule has 0 spiro atoms. The minimum absolute atomic E-state index is 0.0640. The molecule has 29 heavy (non-hydrogen) atoms. The Morgan fingerprint density at radius 3 is 2.48 bits per heavy atom. The van der Waals surface area contributed by atoms with Crippen molar-refractivity contribution in [3.63, 3.8) is 0 Å². The Morgan fingerprint density at radius 2 is 1.86 bits per heavy atom. The Kier molecular flexibility index (Phi) is 6.42. The van der Waals surface area contributed by atoms with Gasteiger partial charge in [0.1, 0.15) is 5.75 Å². The molecular formula is C23H29N3O3. The molecule has 0 radical (unpaired) electrons. The van der Waals surface area contributed by atoms with E-state index in [4.69, 9.17) is 4.74 Å². The lowest BCUT2D eigenvalue weighted by Gasteiger charge is -2.21. The maximum Gasteiger partial charge on any atom is 0.229 e. The molecule has 6 heteroatoms. The lowest BCUT2D eigenvalue weighted by Crippen LogP contribution is -2.28. The van der Waals surface area contributed by atoms with Gasteiger partial charge in [0, 0.05) is 37.4 Å². The van der Waals surface area contributed by atoms with Gasteiger partial charge in [-0.1, -0.05) is 6.07 Å². The monoisotopic (exact) mass is 395 g/mol. The van der Waals surface area contributed by atoms with Crippen molar-refractivity contribution >= 4 is 28.9 Å². The number of rotatable bonds is 7. The first kappa shape index (κ1) is 20.7. The molecule has 1 fully saturated rings. The zero-order valence-electron chi connectivity index (χ0n) is 17.6. The standard InChI is InChI=1S/C23H29N3O3/c1-5-25(6-2)19-10-8-18(9-11-19)24-23(28)17-14-22(27)26(15-17)20-13-16(3)7-12-21(20)29-4/h7-13,17H,5-6,14-15H2,1-4H3,(H,24,28). The summed E-state index contributed by atoms with van der Waals surface area (Å²) < 4.78 is 5.40. The van der Waals surface area contributed by atoms with E-state index in [1.807, 2.05) is 49.4 Å². The normalized spacial score (nSPS) is 16.1. The molecule has 0 aromatic heterocycles. The van der Waals surface area contributed by atoms with Crippen molar-refractivity contribution in [3.8, 4) is 5.75 Å². The molecule has 1 N–H and O–H groups in total. The molecule has 0 bridgehead atoms. The molecule has 1 saturated heterocycles. The first-order valence-corrected chi connectivity index (χ1v) is 10.1. The van der Waals surface area contributed by atoms with Crippen LogP contribution in [-0.2, 0) is 9.59 Å². The van der Waals surface area contributed by atoms with Gasteiger partial charge in [0.2, 0.25) is 11.8 Å². The van der Waals surface area contributed by atoms with Crippen LogP contribution in [-0.4, -0.2) is 38.6 Å². The summed E-state index contributed by atoms with van der Waals surface area (Å²) in [7, 11) is 1.58. The van der Waals surface area contributed by atoms with Gasteiger partial charge in [0.05, 0.1) is 18.7 Å². The quantitative estimate of drug-likeness (QED) is 0.774. The Hall–Kier alpha value is -3.02. The minimum atomic E-state index is -0.393. The molecule has 2 amide bonds. The van der Waals surface area contributed by atoms with Crippen LogP contribution >= 0.6 is 0 Å². The number of carbonyl (C=O) groups excluding carboxylic acids is 2. The van der Waals surface area contributed by atoms with Gasteiger partial charge in [-0.25, -0.2) is 0 Å². The van der Waals surface area contributed by atoms with Gasteiger partial charge in [-0.2, -0.15) is 0 Å². The molecular weight excluding hydrogens is 366 g/mol. The van der Waals surface area contributed by atoms with Gasteiger partial charge in [-0.15, -0.1) is 0 Å². The number of hydrogen-bond acceptors (Lipinski definition) is 4. The van der Waals surface area contributed by atoms with Crippen molar-refractivity contribution in [3.05, 3.63) is 48.0 Å². The summed E-state index contributed by atoms with van der Waals surface area (Å²) in [5.41, 5.74) is 3.62. The highest BCUT2D eigenvalue weighted by atomic mass is 16.5. The first-order valence-electron chi connectivity index (χ1n) is 10.1. The van der Waals surface area contributed by atoms with Gasteiger partial charge in [0.15, 0.2) is 0 Å². The second-order valence-electron chi connectivity index (χ2n) is 7.29. The van der Waals surface area contributed by atoms with E-state index in [0.717, 1.165) is 35.7 Å². The SMILES string of the molecule is CCN(CC)c1ccc(NC(=O)C2CC(=O)N(c3cc(C)ccc3OC)C2)cc1. The third-order valence-corrected chi connectivity index (χ3v) is 5.38. The van der Waals surface area contributed by atoms with Gasteiger partial charge in [-0.3, -0.25) is 9.59 Å². The molecule has 2 aromatic rings. The fourth-order valence-electron chi connectivity index (χ4n) is 3.72. The van der Waals surface area contributed by atoms with Crippen molar-refractivity contribution in [2.24, 2.45) is 5.92 Å². The molecule has 3 rings (SSSR count). The van der Waals surface area contributed by atoms with Crippen LogP contribution in [0.25, 0.3) is 0 Å². The third kappa shape index (κ3) is 4.53. The Bertz CT molecular complexity index is 875. The van der Waals surface area contributed by atoms with Gasteiger partial charge in [0.25, 0.3) is 0 Å². The maximum absolute atomic E-state index is 12.8. The van der Waals surface area contributed by atoms with E-state index in [2.05, 4.69) is 24.1 Å². The van der Waals surface area contributed by atoms with Crippen LogP contribution in [0.15, 0.2) is 42.5 Å². The van der Waals surface area contributed by atoms with E-state index in [1.165, 1.54) is 0 Å². The number of anilines is 3. The average Bonchev–Trinajstić information content (AvgIpc) is 3.12. The summed E-state index contributed by atoms with van der Waals surface area (Å²) in [6.45, 7) is 8.42. The molecule has 0 aliphatic carbocycles. The van der Waals surface area contributed by atoms with Crippen LogP contribution in [0.4, 0.5) is 17.1 Å². The van der Waals surface area contributed by atoms with Crippen molar-refractivity contribution in [2.75, 3.05) is 41.9 Å². The molecule has 2 aromatic carbocycles. The molecule has 0 saturated carbocycles. The number of aryl methyl sites for hydroxylation is 1. The van der Waals surface area contributed by atoms with Crippen LogP contribution in [0.1, 0.15) is 25.8 Å². The summed E-state index contributed by atoms with van der Waals surface area (Å²) in [6.07, 6.45) is 0.195. The molecule has 1 aliphatic heterocycles. The smallest absolute Gasteiger partial charge is 0.229 e. The van der Waals surface area contributed by atoms with Crippen LogP contribution in [0.3, 0.4) is 0 Å². The maximum atomic E-state index is 12.8. The van der Waals surface area contributed by atoms with E-state index < -0.39 is 5.92 Å². The number of amides is 2. The number of nitrogens with one attached hydrogen (secondary N) is 1. The lowest BCUT2D eigenvalue weighted by atomic mass is 10.1. The summed E-state index contributed by atoms with van der Waals surface area (Å²) in [6, 6.07) is 13.5. The van der Waals surface area contributed by atoms with Gasteiger partial charge >= 0.3 is 0 Å². The number of ether oxygens (including phenoxy) is 1. The third-order valence-electron chi connectivity index (χ3n) is 5.38. The highest BCUT2D eigenvalue weighted by Gasteiger charge is 2.36. The molecule has 1 heterocycles. The Balaban J connectivity index is 1.69. The highest BCUT2D eigenvalue weighted by molar-refractivity contribution is 6.04. The van der Waals surface area contributed by atoms with E-state index in [9.17, 15) is 9.59 Å². The van der Waals surface area contributed by atoms with Crippen LogP contribution in [0.5, 0.6) is 5.75 Å². The van der Waals surface area contributed by atoms with E-state index >= 15 is 0 Å². The highest BCUT2D eigenvalue weighted by Crippen LogP contribution is 2.34. The molecule has 6 nitrogen and oxygen atoms in total. The zero-order valence-corrected chi connectivity index (χ0v) is 17.6. The van der Waals surface area contributed by atoms with E-state index in [1.54, 1.807) is 12.0 Å². The molecule has 154 valence electrons. The number of methoxy groups -OCH3 is 1. The van der Waals surface area contributed by atoms with Crippen LogP contribution in [0.2, 0.25) is 0 Å². The predicted molar refractivity (Wildman–Crippen MR) is 117 cm³/mol. The largest absolute Gasteiger partial charge is 0.495 e. The van der Waals surface area contributed by atoms with Crippen molar-refractivity contribution < 1.29 is 14.3 Å². The summed E-state index contributed by atoms with van der Waals surface area (Å²) in [5, 5.41) is 2.95. The van der Waals surface area contributed by atoms with Gasteiger partial charge < -0.3 is 19.9 Å². The minimum Gasteiger partial charge on any atom is -0.495 e. The molecule has 1 unspecified atom stereocenters. The Labute approximate surface area is 172 Å². The number of carbonyl (C=O) groups is 2. The lowest BCUT2D eigenvalue weighted by molar-refractivity contribution is -0.122. The summed E-state index contributed by atoms with van der Waals surface area (Å²) in [5.74, 6) is 0.0427. The predicted octanol–water partition coefficient (Wildman–Crippen LogP) is 3.84. The summed E-state index contributed by atoms with van der Waals surface area (Å²) >= 11 is 0. The molecule has 1 atom stereocenters. The number of nitrogens with zero attached hydrogens (tertiary/aromatic N) is 2. The van der Waals surface area contributed by atoms with Crippen molar-refractivity contribution in [2.45, 2.75) is 27.2 Å². The average molecular weight is 396 g/mol. The fourth-order valence-corrected chi connectivity index (χ4v) is 3.72. The summed E-state index contributed by atoms with van der Waals surface area (Å²) in [4.78, 5) is 29.2. The van der Waals surface area contributed by atoms with Gasteiger partial charge in [-0.05, 0) is 62.7 Å². The van der Waals surface area contributed by atoms with Crippen molar-refractivity contribution in [1.29, 1.82) is 0 Å².